The van der Waals surface area contributed by atoms with Crippen LogP contribution in [-0.4, -0.2) is 109 Å². The van der Waals surface area contributed by atoms with E-state index in [0.717, 1.165) is 0 Å². The van der Waals surface area contributed by atoms with Crippen LogP contribution in [0.3, 0.4) is 0 Å². The van der Waals surface area contributed by atoms with E-state index in [1.807, 2.05) is 0 Å². The molecule has 0 spiro atoms. The smallest absolute Gasteiger partial charge is 0.535 e. The summed E-state index contributed by atoms with van der Waals surface area (Å²) in [7, 11) is -1.49. The Balaban J connectivity index is 0.000000224. The molecule has 2 unspecified atom stereocenters. The van der Waals surface area contributed by atoms with Crippen molar-refractivity contribution in [1.82, 2.24) is 38.1 Å². The normalized spacial score (nSPS) is 12.8. The highest BCUT2D eigenvalue weighted by Crippen LogP contribution is 2.41. The maximum absolute atomic E-state index is 15.6. The second-order valence-corrected chi connectivity index (χ2v) is 22.3. The molecular formula is C52H53BBrCl2F2N10O12P2S2. The van der Waals surface area contributed by atoms with Gasteiger partial charge in [-0.15, -0.1) is 10.2 Å². The van der Waals surface area contributed by atoms with Gasteiger partial charge in [-0.1, -0.05) is 53.5 Å². The van der Waals surface area contributed by atoms with Gasteiger partial charge in [0, 0.05) is 98.2 Å². The Morgan fingerprint density at radius 3 is 1.54 bits per heavy atom. The van der Waals surface area contributed by atoms with Gasteiger partial charge in [-0.3, -0.25) is 28.2 Å². The third-order valence-electron chi connectivity index (χ3n) is 12.5. The lowest BCUT2D eigenvalue weighted by atomic mass is 10.0. The number of methoxy groups -OCH3 is 4. The minimum Gasteiger partial charge on any atom is -0.535 e. The molecule has 6 heterocycles. The summed E-state index contributed by atoms with van der Waals surface area (Å²) in [6, 6.07) is 27.3. The number of pyridine rings is 2. The molecule has 10 rings (SSSR count). The van der Waals surface area contributed by atoms with Crippen LogP contribution in [0.15, 0.2) is 136 Å². The van der Waals surface area contributed by atoms with Crippen LogP contribution in [0.4, 0.5) is 20.4 Å². The van der Waals surface area contributed by atoms with Crippen LogP contribution in [0, 0.1) is 11.6 Å². The van der Waals surface area contributed by atoms with Crippen LogP contribution in [0.2, 0.25) is 10.0 Å². The summed E-state index contributed by atoms with van der Waals surface area (Å²) in [4.78, 5) is 25.8. The van der Waals surface area contributed by atoms with Gasteiger partial charge in [0.15, 0.2) is 17.4 Å². The molecule has 0 saturated carbocycles. The zero-order chi connectivity index (χ0) is 58.9. The van der Waals surface area contributed by atoms with Gasteiger partial charge in [0.1, 0.15) is 34.6 Å². The number of ether oxygens (including phenoxy) is 4. The highest BCUT2D eigenvalue weighted by atomic mass is 79.9. The summed E-state index contributed by atoms with van der Waals surface area (Å²) in [6.07, 6.45) is 3.31. The van der Waals surface area contributed by atoms with E-state index < -0.39 is 37.6 Å². The lowest BCUT2D eigenvalue weighted by molar-refractivity contribution is 0.382. The van der Waals surface area contributed by atoms with E-state index in [2.05, 4.69) is 45.8 Å². The molecule has 0 saturated heterocycles. The third kappa shape index (κ3) is 15.0. The number of halogens is 5. The first-order valence-corrected chi connectivity index (χ1v) is 28.5. The third-order valence-corrected chi connectivity index (χ3v) is 16.6. The summed E-state index contributed by atoms with van der Waals surface area (Å²) < 4.78 is 118. The molecule has 4 aromatic carbocycles. The summed E-state index contributed by atoms with van der Waals surface area (Å²) in [5.41, 5.74) is 2.63. The number of anilines is 2. The monoisotopic (exact) mass is 1330 g/mol. The quantitative estimate of drug-likeness (QED) is 0.0665. The molecule has 1 radical (unpaired) electrons. The van der Waals surface area contributed by atoms with E-state index in [9.17, 15) is 30.8 Å². The van der Waals surface area contributed by atoms with Gasteiger partial charge in [0.2, 0.25) is 0 Å². The fourth-order valence-corrected chi connectivity index (χ4v) is 11.9. The topological polar surface area (TPSA) is 261 Å². The van der Waals surface area contributed by atoms with Gasteiger partial charge < -0.3 is 28.6 Å². The van der Waals surface area contributed by atoms with Crippen molar-refractivity contribution in [2.75, 3.05) is 51.0 Å². The van der Waals surface area contributed by atoms with Crippen molar-refractivity contribution in [1.29, 1.82) is 0 Å². The molecule has 4 aromatic heterocycles. The minimum absolute atomic E-state index is 0. The number of para-hydroxylation sites is 2. The lowest BCUT2D eigenvalue weighted by Crippen LogP contribution is -2.41. The van der Waals surface area contributed by atoms with Crippen LogP contribution in [-0.2, 0) is 46.3 Å². The molecular weight excluding hydrogens is 1280 g/mol. The number of hydrogen-bond donors (Lipinski definition) is 3. The van der Waals surface area contributed by atoms with E-state index >= 15 is 4.39 Å². The van der Waals surface area contributed by atoms with Gasteiger partial charge in [0.05, 0.1) is 54.3 Å². The van der Waals surface area contributed by atoms with Crippen molar-refractivity contribution < 1.29 is 54.2 Å². The van der Waals surface area contributed by atoms with Gasteiger partial charge in [-0.05, 0) is 81.7 Å². The average Bonchev–Trinajstić information content (AvgIpc) is 3.62. The molecule has 84 heavy (non-hydrogen) atoms. The first-order chi connectivity index (χ1) is 39.3. The molecule has 0 fully saturated rings. The Hall–Kier alpha value is -6.84. The minimum atomic E-state index is -3.95. The highest BCUT2D eigenvalue weighted by Gasteiger charge is 2.32. The standard InChI is InChI=1S/C26H23ClFN5O5S.C19H17BrFN5O4S.C7H7BClO3.2H3P/c1-37-23-13-18(17-5-3-6-19(27)26(17)38-2)20(28)14-22(23)33-21-10-12-32(15-16(21)8-9-25(33)34)39(35,36)31-24-7-4-11-29-30-24;1-30-17-9-13(20)14(21)10-16(17)26-15-6-8-25(11-12(15)4-5-19(26)27)31(28,29)24-18-3-2-7-22-23-18;1-11-7-5(9)3-2-4-6(7)12-8-10;;/h3-9,11,13-14H,10,12,15H2,1-2H3,(H,30,31);2-5,7,9-10H,6,8,11H2,1H3,(H,23,24);2-4,10H,1H3;2*1H3. The van der Waals surface area contributed by atoms with Crippen LogP contribution >= 0.6 is 58.9 Å². The maximum atomic E-state index is 15.6. The number of fused-ring (bicyclic) bond motifs is 2. The highest BCUT2D eigenvalue weighted by molar-refractivity contribution is 9.10. The van der Waals surface area contributed by atoms with Crippen LogP contribution in [0.25, 0.3) is 22.5 Å². The molecule has 8 aromatic rings. The summed E-state index contributed by atoms with van der Waals surface area (Å²) in [5, 5.41) is 24.0. The van der Waals surface area contributed by atoms with Gasteiger partial charge >= 0.3 is 28.1 Å². The SMILES string of the molecule is COc1c(Cl)cccc1O[B]O.COc1cc(-c2cccc(Cl)c2OC)c(F)cc1-n1c2c(ccc1=O)CN(S(=O)(=O)Nc1cccnn1)CC2.COc1cc(Br)c(F)cc1-n1c2c(ccc1=O)CN(S(=O)(=O)Nc1cccnn1)CC2.P.P. The van der Waals surface area contributed by atoms with Crippen LogP contribution in [0.5, 0.6) is 28.7 Å². The van der Waals surface area contributed by atoms with Gasteiger partial charge in [-0.25, -0.2) is 8.78 Å². The predicted octanol–water partition coefficient (Wildman–Crippen LogP) is 7.44. The number of nitrogens with zero attached hydrogens (tertiary/aromatic N) is 8. The molecule has 32 heteroatoms. The zero-order valence-corrected chi connectivity index (χ0v) is 52.6. The first-order valence-electron chi connectivity index (χ1n) is 24.1. The van der Waals surface area contributed by atoms with Crippen molar-refractivity contribution in [2.45, 2.75) is 25.9 Å². The molecule has 443 valence electrons. The Bertz CT molecular complexity index is 4010. The molecule has 2 atom stereocenters. The molecule has 3 N–H and O–H groups in total. The van der Waals surface area contributed by atoms with Crippen molar-refractivity contribution in [3.63, 3.8) is 0 Å². The van der Waals surface area contributed by atoms with E-state index in [4.69, 9.17) is 51.8 Å². The number of benzene rings is 4. The zero-order valence-electron chi connectivity index (χ0n) is 45.0. The second kappa shape index (κ2) is 29.3. The predicted molar refractivity (Wildman–Crippen MR) is 328 cm³/mol. The largest absolute Gasteiger partial charge is 0.569 e. The second-order valence-electron chi connectivity index (χ2n) is 17.3. The Kier molecular flexibility index (Phi) is 23.1. The number of hydrogen-bond acceptors (Lipinski definition) is 16. The number of nitrogens with one attached hydrogen (secondary N) is 2. The average molecular weight is 1340 g/mol. The van der Waals surface area contributed by atoms with E-state index in [1.165, 1.54) is 107 Å². The van der Waals surface area contributed by atoms with E-state index in [-0.39, 0.29) is 103 Å². The van der Waals surface area contributed by atoms with Crippen LogP contribution < -0.4 is 44.2 Å². The van der Waals surface area contributed by atoms with E-state index in [1.54, 1.807) is 60.7 Å². The fourth-order valence-electron chi connectivity index (χ4n) is 8.82. The van der Waals surface area contributed by atoms with Crippen molar-refractivity contribution in [3.8, 4) is 51.2 Å². The lowest BCUT2D eigenvalue weighted by Gasteiger charge is -2.30. The Labute approximate surface area is 507 Å². The summed E-state index contributed by atoms with van der Waals surface area (Å²) in [5.74, 6) is 0.665. The molecule has 22 nitrogen and oxygen atoms in total. The number of aromatic nitrogens is 6. The van der Waals surface area contributed by atoms with E-state index in [0.29, 0.717) is 68.8 Å². The molecule has 2 aliphatic rings. The van der Waals surface area contributed by atoms with Gasteiger partial charge in [0.25, 0.3) is 11.1 Å². The molecule has 0 amide bonds. The van der Waals surface area contributed by atoms with Crippen LogP contribution in [0.1, 0.15) is 22.5 Å². The Morgan fingerprint density at radius 1 is 0.595 bits per heavy atom. The molecule has 0 aliphatic carbocycles. The Morgan fingerprint density at radius 2 is 1.07 bits per heavy atom. The summed E-state index contributed by atoms with van der Waals surface area (Å²) >= 11 is 15.1. The van der Waals surface area contributed by atoms with Crippen molar-refractivity contribution >= 4 is 98.7 Å². The van der Waals surface area contributed by atoms with Crippen molar-refractivity contribution in [2.24, 2.45) is 0 Å². The fraction of sp³-hybridized carbons (Fsp3) is 0.192. The first kappa shape index (κ1) is 66.3. The summed E-state index contributed by atoms with van der Waals surface area (Å²) in [6.45, 7) is 0.225. The van der Waals surface area contributed by atoms with Gasteiger partial charge in [-0.2, -0.15) is 55.4 Å². The number of rotatable bonds is 15. The van der Waals surface area contributed by atoms with Crippen molar-refractivity contribution in [3.05, 3.63) is 191 Å². The molecule has 0 bridgehead atoms. The molecule has 2 aliphatic heterocycles. The maximum Gasteiger partial charge on any atom is 0.569 e.